The lowest BCUT2D eigenvalue weighted by Crippen LogP contribution is -2.19. The standard InChI is InChI=1S/C15H14ClFN2/c16-13-7-10(1-4-14(13)17)9-19-6-5-11-2-3-12(18)8-15(11)19/h1-4,7-8H,5-6,9,18H2. The Bertz CT molecular complexity index is 628. The average molecular weight is 277 g/mol. The SMILES string of the molecule is Nc1ccc2c(c1)N(Cc1ccc(F)c(Cl)c1)CC2. The molecule has 0 bridgehead atoms. The molecule has 0 aliphatic carbocycles. The molecular formula is C15H14ClFN2. The number of halogens is 2. The van der Waals surface area contributed by atoms with E-state index >= 15 is 0 Å². The van der Waals surface area contributed by atoms with Crippen LogP contribution in [-0.2, 0) is 13.0 Å². The predicted molar refractivity (Wildman–Crippen MR) is 77.0 cm³/mol. The maximum Gasteiger partial charge on any atom is 0.141 e. The van der Waals surface area contributed by atoms with Gasteiger partial charge in [0.25, 0.3) is 0 Å². The number of nitrogen functional groups attached to an aromatic ring is 1. The molecule has 0 atom stereocenters. The number of anilines is 2. The van der Waals surface area contributed by atoms with E-state index in [0.29, 0.717) is 0 Å². The molecular weight excluding hydrogens is 263 g/mol. The molecule has 0 radical (unpaired) electrons. The van der Waals surface area contributed by atoms with Crippen LogP contribution in [0.2, 0.25) is 5.02 Å². The highest BCUT2D eigenvalue weighted by molar-refractivity contribution is 6.30. The van der Waals surface area contributed by atoms with Crippen molar-refractivity contribution in [3.05, 3.63) is 58.4 Å². The Balaban J connectivity index is 1.86. The van der Waals surface area contributed by atoms with Crippen molar-refractivity contribution in [2.45, 2.75) is 13.0 Å². The second-order valence-electron chi connectivity index (χ2n) is 4.81. The molecule has 1 heterocycles. The highest BCUT2D eigenvalue weighted by Gasteiger charge is 2.19. The highest BCUT2D eigenvalue weighted by Crippen LogP contribution is 2.31. The van der Waals surface area contributed by atoms with Crippen molar-refractivity contribution in [3.8, 4) is 0 Å². The third-order valence-electron chi connectivity index (χ3n) is 3.46. The van der Waals surface area contributed by atoms with E-state index in [-0.39, 0.29) is 10.8 Å². The van der Waals surface area contributed by atoms with Crippen molar-refractivity contribution in [2.24, 2.45) is 0 Å². The van der Waals surface area contributed by atoms with Crippen molar-refractivity contribution >= 4 is 23.0 Å². The number of nitrogens with two attached hydrogens (primary N) is 1. The minimum absolute atomic E-state index is 0.171. The van der Waals surface area contributed by atoms with Crippen molar-refractivity contribution in [3.63, 3.8) is 0 Å². The first-order valence-electron chi connectivity index (χ1n) is 6.21. The first kappa shape index (κ1) is 12.3. The lowest BCUT2D eigenvalue weighted by Gasteiger charge is -2.20. The van der Waals surface area contributed by atoms with E-state index in [1.165, 1.54) is 17.3 Å². The zero-order chi connectivity index (χ0) is 13.4. The second kappa shape index (κ2) is 4.74. The molecule has 0 saturated heterocycles. The fraction of sp³-hybridized carbons (Fsp3) is 0.200. The summed E-state index contributed by atoms with van der Waals surface area (Å²) >= 11 is 5.81. The quantitative estimate of drug-likeness (QED) is 0.849. The Morgan fingerprint density at radius 1 is 1.21 bits per heavy atom. The summed E-state index contributed by atoms with van der Waals surface area (Å²) in [5.74, 6) is -0.378. The number of hydrogen-bond donors (Lipinski definition) is 1. The van der Waals surface area contributed by atoms with E-state index in [9.17, 15) is 4.39 Å². The van der Waals surface area contributed by atoms with Gasteiger partial charge >= 0.3 is 0 Å². The third-order valence-corrected chi connectivity index (χ3v) is 3.75. The van der Waals surface area contributed by atoms with Gasteiger partial charge in [-0.05, 0) is 41.8 Å². The van der Waals surface area contributed by atoms with Crippen LogP contribution < -0.4 is 10.6 Å². The molecule has 2 nitrogen and oxygen atoms in total. The Morgan fingerprint density at radius 3 is 2.84 bits per heavy atom. The van der Waals surface area contributed by atoms with E-state index in [1.54, 1.807) is 12.1 Å². The molecule has 2 N–H and O–H groups in total. The van der Waals surface area contributed by atoms with Crippen LogP contribution in [0.3, 0.4) is 0 Å². The Kier molecular flexibility index (Phi) is 3.07. The summed E-state index contributed by atoms with van der Waals surface area (Å²) in [6.45, 7) is 1.67. The molecule has 0 unspecified atom stereocenters. The topological polar surface area (TPSA) is 29.3 Å². The fourth-order valence-corrected chi connectivity index (χ4v) is 2.69. The van der Waals surface area contributed by atoms with Gasteiger partial charge in [-0.2, -0.15) is 0 Å². The molecule has 2 aromatic rings. The third kappa shape index (κ3) is 2.38. The number of benzene rings is 2. The Labute approximate surface area is 116 Å². The predicted octanol–water partition coefficient (Wildman–Crippen LogP) is 3.62. The first-order chi connectivity index (χ1) is 9.13. The summed E-state index contributed by atoms with van der Waals surface area (Å²) in [6.07, 6.45) is 1.02. The number of rotatable bonds is 2. The lowest BCUT2D eigenvalue weighted by molar-refractivity contribution is 0.627. The minimum atomic E-state index is -0.378. The maximum atomic E-state index is 13.1. The number of hydrogen-bond acceptors (Lipinski definition) is 2. The highest BCUT2D eigenvalue weighted by atomic mass is 35.5. The van der Waals surface area contributed by atoms with Crippen LogP contribution in [0.1, 0.15) is 11.1 Å². The summed E-state index contributed by atoms with van der Waals surface area (Å²) in [4.78, 5) is 2.25. The first-order valence-corrected chi connectivity index (χ1v) is 6.58. The van der Waals surface area contributed by atoms with E-state index in [0.717, 1.165) is 30.8 Å². The van der Waals surface area contributed by atoms with Gasteiger partial charge < -0.3 is 10.6 Å². The lowest BCUT2D eigenvalue weighted by atomic mass is 10.1. The molecule has 3 rings (SSSR count). The van der Waals surface area contributed by atoms with Crippen LogP contribution in [0.4, 0.5) is 15.8 Å². The van der Waals surface area contributed by atoms with Crippen LogP contribution in [-0.4, -0.2) is 6.54 Å². The molecule has 1 aliphatic rings. The van der Waals surface area contributed by atoms with Crippen molar-refractivity contribution < 1.29 is 4.39 Å². The van der Waals surface area contributed by atoms with Crippen molar-refractivity contribution in [1.29, 1.82) is 0 Å². The maximum absolute atomic E-state index is 13.1. The van der Waals surface area contributed by atoms with Crippen molar-refractivity contribution in [1.82, 2.24) is 0 Å². The molecule has 0 aromatic heterocycles. The Morgan fingerprint density at radius 2 is 2.05 bits per heavy atom. The van der Waals surface area contributed by atoms with Crippen LogP contribution in [0.25, 0.3) is 0 Å². The van der Waals surface area contributed by atoms with Gasteiger partial charge in [0.05, 0.1) is 5.02 Å². The average Bonchev–Trinajstić information content (AvgIpc) is 2.77. The number of nitrogens with zero attached hydrogens (tertiary/aromatic N) is 1. The zero-order valence-electron chi connectivity index (χ0n) is 10.4. The summed E-state index contributed by atoms with van der Waals surface area (Å²) in [6, 6.07) is 10.9. The fourth-order valence-electron chi connectivity index (χ4n) is 2.49. The largest absolute Gasteiger partial charge is 0.399 e. The van der Waals surface area contributed by atoms with Crippen LogP contribution >= 0.6 is 11.6 Å². The molecule has 1 aliphatic heterocycles. The summed E-state index contributed by atoms with van der Waals surface area (Å²) in [5.41, 5.74) is 10.1. The van der Waals surface area contributed by atoms with Crippen LogP contribution in [0.5, 0.6) is 0 Å². The van der Waals surface area contributed by atoms with E-state index in [4.69, 9.17) is 17.3 Å². The molecule has 98 valence electrons. The van der Waals surface area contributed by atoms with Gasteiger partial charge in [-0.15, -0.1) is 0 Å². The van der Waals surface area contributed by atoms with Crippen LogP contribution in [0.15, 0.2) is 36.4 Å². The molecule has 0 fully saturated rings. The van der Waals surface area contributed by atoms with Gasteiger partial charge in [-0.1, -0.05) is 23.7 Å². The van der Waals surface area contributed by atoms with Gasteiger partial charge in [0.1, 0.15) is 5.82 Å². The van der Waals surface area contributed by atoms with Gasteiger partial charge in [0.2, 0.25) is 0 Å². The normalized spacial score (nSPS) is 13.7. The molecule has 19 heavy (non-hydrogen) atoms. The van der Waals surface area contributed by atoms with Gasteiger partial charge in [0.15, 0.2) is 0 Å². The summed E-state index contributed by atoms with van der Waals surface area (Å²) in [7, 11) is 0. The molecule has 0 spiro atoms. The number of fused-ring (bicyclic) bond motifs is 1. The van der Waals surface area contributed by atoms with Gasteiger partial charge in [-0.25, -0.2) is 4.39 Å². The smallest absolute Gasteiger partial charge is 0.141 e. The molecule has 4 heteroatoms. The molecule has 0 saturated carbocycles. The zero-order valence-corrected chi connectivity index (χ0v) is 11.1. The summed E-state index contributed by atoms with van der Waals surface area (Å²) in [5, 5.41) is 0.171. The summed E-state index contributed by atoms with van der Waals surface area (Å²) < 4.78 is 13.1. The molecule has 0 amide bonds. The van der Waals surface area contributed by atoms with E-state index in [1.807, 2.05) is 12.1 Å². The monoisotopic (exact) mass is 276 g/mol. The minimum Gasteiger partial charge on any atom is -0.399 e. The van der Waals surface area contributed by atoms with E-state index in [2.05, 4.69) is 11.0 Å². The van der Waals surface area contributed by atoms with E-state index < -0.39 is 0 Å². The van der Waals surface area contributed by atoms with Crippen LogP contribution in [0, 0.1) is 5.82 Å². The van der Waals surface area contributed by atoms with Crippen molar-refractivity contribution in [2.75, 3.05) is 17.2 Å². The van der Waals surface area contributed by atoms with Gasteiger partial charge in [0, 0.05) is 24.5 Å². The Hall–Kier alpha value is -1.74. The second-order valence-corrected chi connectivity index (χ2v) is 5.22. The van der Waals surface area contributed by atoms with Gasteiger partial charge in [-0.3, -0.25) is 0 Å². The molecule has 2 aromatic carbocycles.